The zero-order valence-electron chi connectivity index (χ0n) is 14.9. The Kier molecular flexibility index (Phi) is 7.80. The molecule has 0 saturated heterocycles. The van der Waals surface area contributed by atoms with Crippen molar-refractivity contribution in [1.82, 2.24) is 10.6 Å². The van der Waals surface area contributed by atoms with Crippen molar-refractivity contribution in [2.75, 3.05) is 12.0 Å². The molecule has 0 radical (unpaired) electrons. The smallest absolute Gasteiger partial charge is 0.459 e. The second kappa shape index (κ2) is 10.1. The van der Waals surface area contributed by atoms with E-state index in [1.54, 1.807) is 6.07 Å². The number of benzene rings is 1. The fraction of sp³-hybridized carbons (Fsp3) is 0.333. The van der Waals surface area contributed by atoms with Crippen molar-refractivity contribution in [2.24, 2.45) is 0 Å². The summed E-state index contributed by atoms with van der Waals surface area (Å²) in [5.41, 5.74) is 0.587. The van der Waals surface area contributed by atoms with Crippen molar-refractivity contribution in [3.05, 3.63) is 54.0 Å². The molecule has 2 amide bonds. The van der Waals surface area contributed by atoms with E-state index in [1.165, 1.54) is 48.4 Å². The highest BCUT2D eigenvalue weighted by molar-refractivity contribution is 7.98. The highest BCUT2D eigenvalue weighted by Gasteiger charge is 2.31. The van der Waals surface area contributed by atoms with Gasteiger partial charge in [-0.25, -0.2) is 0 Å². The van der Waals surface area contributed by atoms with Gasteiger partial charge in [-0.05, 0) is 48.3 Å². The van der Waals surface area contributed by atoms with E-state index in [9.17, 15) is 22.8 Å². The topological polar surface area (TPSA) is 80.6 Å². The number of hydrogen-bond acceptors (Lipinski definition) is 5. The molecular weight excluding hydrogens is 397 g/mol. The number of rotatable bonds is 9. The van der Waals surface area contributed by atoms with Crippen LogP contribution in [0.15, 0.2) is 47.1 Å². The molecule has 2 N–H and O–H groups in total. The van der Waals surface area contributed by atoms with Crippen LogP contribution < -0.4 is 15.4 Å². The van der Waals surface area contributed by atoms with Gasteiger partial charge < -0.3 is 19.8 Å². The molecule has 152 valence electrons. The van der Waals surface area contributed by atoms with Crippen LogP contribution in [0.2, 0.25) is 0 Å². The van der Waals surface area contributed by atoms with Crippen LogP contribution in [-0.4, -0.2) is 36.2 Å². The van der Waals surface area contributed by atoms with Gasteiger partial charge in [0, 0.05) is 6.54 Å². The molecule has 2 aromatic rings. The molecule has 0 aliphatic rings. The average Bonchev–Trinajstić information content (AvgIpc) is 3.17. The molecule has 1 unspecified atom stereocenters. The van der Waals surface area contributed by atoms with Gasteiger partial charge in [0.1, 0.15) is 11.8 Å². The zero-order chi connectivity index (χ0) is 20.6. The number of halogens is 3. The molecule has 0 fully saturated rings. The standard InChI is InChI=1S/C18H19F3N2O4S/c1-28-10-8-14(23-17(25)15-3-2-9-26-15)16(24)22-11-12-4-6-13(7-5-12)27-18(19,20)21/h2-7,9,14H,8,10-11H2,1H3,(H,22,24)(H,23,25). The van der Waals surface area contributed by atoms with Crippen LogP contribution in [0.3, 0.4) is 0 Å². The molecule has 6 nitrogen and oxygen atoms in total. The van der Waals surface area contributed by atoms with E-state index in [0.717, 1.165) is 0 Å². The summed E-state index contributed by atoms with van der Waals surface area (Å²) in [5, 5.41) is 5.29. The number of carbonyl (C=O) groups is 2. The van der Waals surface area contributed by atoms with E-state index in [-0.39, 0.29) is 18.1 Å². The summed E-state index contributed by atoms with van der Waals surface area (Å²) in [6.45, 7) is 0.0948. The van der Waals surface area contributed by atoms with Crippen LogP contribution >= 0.6 is 11.8 Å². The fourth-order valence-electron chi connectivity index (χ4n) is 2.26. The summed E-state index contributed by atoms with van der Waals surface area (Å²) in [4.78, 5) is 24.6. The summed E-state index contributed by atoms with van der Waals surface area (Å²) >= 11 is 1.53. The van der Waals surface area contributed by atoms with Crippen molar-refractivity contribution in [3.63, 3.8) is 0 Å². The maximum Gasteiger partial charge on any atom is 0.573 e. The molecular formula is C18H19F3N2O4S. The van der Waals surface area contributed by atoms with E-state index >= 15 is 0 Å². The predicted molar refractivity (Wildman–Crippen MR) is 97.9 cm³/mol. The van der Waals surface area contributed by atoms with Crippen molar-refractivity contribution < 1.29 is 31.9 Å². The Morgan fingerprint density at radius 2 is 1.93 bits per heavy atom. The maximum atomic E-state index is 12.4. The van der Waals surface area contributed by atoms with Gasteiger partial charge in [0.05, 0.1) is 6.26 Å². The lowest BCUT2D eigenvalue weighted by Gasteiger charge is -2.17. The second-order valence-electron chi connectivity index (χ2n) is 5.69. The molecule has 0 spiro atoms. The van der Waals surface area contributed by atoms with Crippen LogP contribution in [0, 0.1) is 0 Å². The normalized spacial score (nSPS) is 12.3. The first-order valence-corrected chi connectivity index (χ1v) is 9.63. The molecule has 2 rings (SSSR count). The van der Waals surface area contributed by atoms with Crippen LogP contribution in [0.4, 0.5) is 13.2 Å². The summed E-state index contributed by atoms with van der Waals surface area (Å²) in [7, 11) is 0. The largest absolute Gasteiger partial charge is 0.573 e. The van der Waals surface area contributed by atoms with Crippen LogP contribution in [0.25, 0.3) is 0 Å². The van der Waals surface area contributed by atoms with Crippen molar-refractivity contribution in [2.45, 2.75) is 25.4 Å². The molecule has 1 heterocycles. The van der Waals surface area contributed by atoms with Gasteiger partial charge in [-0.1, -0.05) is 12.1 Å². The minimum atomic E-state index is -4.76. The fourth-order valence-corrected chi connectivity index (χ4v) is 2.73. The number of hydrogen-bond donors (Lipinski definition) is 2. The Morgan fingerprint density at radius 3 is 2.50 bits per heavy atom. The molecule has 0 aliphatic carbocycles. The summed E-state index contributed by atoms with van der Waals surface area (Å²) < 4.78 is 45.3. The zero-order valence-corrected chi connectivity index (χ0v) is 15.7. The van der Waals surface area contributed by atoms with Gasteiger partial charge in [0.15, 0.2) is 5.76 Å². The Morgan fingerprint density at radius 1 is 1.21 bits per heavy atom. The molecule has 10 heteroatoms. The SMILES string of the molecule is CSCCC(NC(=O)c1ccco1)C(=O)NCc1ccc(OC(F)(F)F)cc1. The molecule has 0 saturated carbocycles. The van der Waals surface area contributed by atoms with Crippen molar-refractivity contribution in [3.8, 4) is 5.75 Å². The number of carbonyl (C=O) groups excluding carboxylic acids is 2. The number of ether oxygens (including phenoxy) is 1. The minimum absolute atomic E-state index is 0.0948. The third kappa shape index (κ3) is 7.18. The van der Waals surface area contributed by atoms with Crippen LogP contribution in [-0.2, 0) is 11.3 Å². The summed E-state index contributed by atoms with van der Waals surface area (Å²) in [6, 6.07) is 7.45. The molecule has 1 aromatic carbocycles. The lowest BCUT2D eigenvalue weighted by Crippen LogP contribution is -2.46. The minimum Gasteiger partial charge on any atom is -0.459 e. The Hall–Kier alpha value is -2.62. The molecule has 1 aromatic heterocycles. The highest BCUT2D eigenvalue weighted by atomic mass is 32.2. The Bertz CT molecular complexity index is 764. The Balaban J connectivity index is 1.92. The van der Waals surface area contributed by atoms with Crippen LogP contribution in [0.1, 0.15) is 22.5 Å². The maximum absolute atomic E-state index is 12.4. The number of thioether (sulfide) groups is 1. The van der Waals surface area contributed by atoms with Gasteiger partial charge in [-0.2, -0.15) is 11.8 Å². The Labute approximate surface area is 163 Å². The first kappa shape index (κ1) is 21.7. The van der Waals surface area contributed by atoms with E-state index in [4.69, 9.17) is 4.42 Å². The average molecular weight is 416 g/mol. The number of nitrogens with one attached hydrogen (secondary N) is 2. The number of alkyl halides is 3. The molecule has 0 bridgehead atoms. The van der Waals surface area contributed by atoms with Crippen LogP contribution in [0.5, 0.6) is 5.75 Å². The third-order valence-electron chi connectivity index (χ3n) is 3.60. The van der Waals surface area contributed by atoms with Crippen molar-refractivity contribution >= 4 is 23.6 Å². The highest BCUT2D eigenvalue weighted by Crippen LogP contribution is 2.22. The van der Waals surface area contributed by atoms with E-state index in [2.05, 4.69) is 15.4 Å². The van der Waals surface area contributed by atoms with Gasteiger partial charge in [-0.15, -0.1) is 13.2 Å². The lowest BCUT2D eigenvalue weighted by molar-refractivity contribution is -0.274. The lowest BCUT2D eigenvalue weighted by atomic mass is 10.1. The number of furan rings is 1. The quantitative estimate of drug-likeness (QED) is 0.655. The van der Waals surface area contributed by atoms with Gasteiger partial charge in [0.25, 0.3) is 5.91 Å². The molecule has 28 heavy (non-hydrogen) atoms. The molecule has 1 atom stereocenters. The van der Waals surface area contributed by atoms with Gasteiger partial charge >= 0.3 is 6.36 Å². The third-order valence-corrected chi connectivity index (χ3v) is 4.25. The summed E-state index contributed by atoms with van der Waals surface area (Å²) in [5.74, 6) is -0.488. The summed E-state index contributed by atoms with van der Waals surface area (Å²) in [6.07, 6.45) is -1.10. The van der Waals surface area contributed by atoms with E-state index in [1.807, 2.05) is 6.26 Å². The first-order valence-electron chi connectivity index (χ1n) is 8.24. The van der Waals surface area contributed by atoms with E-state index in [0.29, 0.717) is 17.7 Å². The van der Waals surface area contributed by atoms with E-state index < -0.39 is 24.2 Å². The second-order valence-corrected chi connectivity index (χ2v) is 6.68. The monoisotopic (exact) mass is 416 g/mol. The molecule has 0 aliphatic heterocycles. The first-order chi connectivity index (χ1) is 13.3. The number of amides is 2. The van der Waals surface area contributed by atoms with Crippen molar-refractivity contribution in [1.29, 1.82) is 0 Å². The van der Waals surface area contributed by atoms with Gasteiger partial charge in [-0.3, -0.25) is 9.59 Å². The van der Waals surface area contributed by atoms with Gasteiger partial charge in [0.2, 0.25) is 5.91 Å². The predicted octanol–water partition coefficient (Wildman–Crippen LogP) is 3.35.